The smallest absolute Gasteiger partial charge is 0.130 e. The monoisotopic (exact) mass is 259 g/mol. The third kappa shape index (κ3) is 2.30. The molecule has 0 aliphatic rings. The van der Waals surface area contributed by atoms with Gasteiger partial charge in [0.25, 0.3) is 0 Å². The fraction of sp³-hybridized carbons (Fsp3) is 0.400. The highest BCUT2D eigenvalue weighted by Crippen LogP contribution is 2.41. The summed E-state index contributed by atoms with van der Waals surface area (Å²) in [5, 5.41) is 6.82. The number of hydrogen-bond donors (Lipinski definition) is 2. The Balaban J connectivity index is 2.77. The molecule has 0 radical (unpaired) electrons. The Labute approximate surface area is 114 Å². The predicted molar refractivity (Wildman–Crippen MR) is 78.5 cm³/mol. The second-order valence-corrected chi connectivity index (χ2v) is 4.93. The van der Waals surface area contributed by atoms with Gasteiger partial charge in [-0.15, -0.1) is 0 Å². The molecule has 1 aromatic heterocycles. The summed E-state index contributed by atoms with van der Waals surface area (Å²) in [6.45, 7) is 6.45. The van der Waals surface area contributed by atoms with Gasteiger partial charge in [-0.2, -0.15) is 5.10 Å². The zero-order valence-electron chi connectivity index (χ0n) is 11.9. The molecule has 0 aliphatic carbocycles. The zero-order chi connectivity index (χ0) is 14.0. The molecule has 0 unspecified atom stereocenters. The molecule has 2 rings (SSSR count). The molecule has 0 atom stereocenters. The topological polar surface area (TPSA) is 63.9 Å². The number of hydrogen-bond acceptors (Lipinski definition) is 3. The highest BCUT2D eigenvalue weighted by atomic mass is 16.5. The molecule has 102 valence electrons. The molecule has 0 bridgehead atoms. The summed E-state index contributed by atoms with van der Waals surface area (Å²) in [5.74, 6) is 1.87. The molecule has 2 aromatic rings. The quantitative estimate of drug-likeness (QED) is 0.885. The fourth-order valence-corrected chi connectivity index (χ4v) is 2.41. The molecular weight excluding hydrogens is 238 g/mol. The summed E-state index contributed by atoms with van der Waals surface area (Å²) >= 11 is 0. The molecule has 19 heavy (non-hydrogen) atoms. The largest absolute Gasteiger partial charge is 0.496 e. The van der Waals surface area contributed by atoms with Crippen LogP contribution in [-0.2, 0) is 6.42 Å². The number of H-pyrrole nitrogens is 1. The number of rotatable bonds is 4. The van der Waals surface area contributed by atoms with E-state index >= 15 is 0 Å². The van der Waals surface area contributed by atoms with Gasteiger partial charge >= 0.3 is 0 Å². The van der Waals surface area contributed by atoms with E-state index < -0.39 is 0 Å². The minimum Gasteiger partial charge on any atom is -0.496 e. The van der Waals surface area contributed by atoms with Crippen molar-refractivity contribution in [3.8, 4) is 16.9 Å². The Bertz CT molecular complexity index is 573. The van der Waals surface area contributed by atoms with E-state index in [1.54, 1.807) is 13.3 Å². The van der Waals surface area contributed by atoms with Crippen molar-refractivity contribution in [2.45, 2.75) is 33.1 Å². The summed E-state index contributed by atoms with van der Waals surface area (Å²) in [5.41, 5.74) is 10.4. The molecule has 0 spiro atoms. The van der Waals surface area contributed by atoms with Gasteiger partial charge in [0.15, 0.2) is 0 Å². The number of ether oxygens (including phenoxy) is 1. The SMILES string of the molecule is CCc1ccc(C(C)C)c(-c2cn[nH]c2N)c1OC. The van der Waals surface area contributed by atoms with E-state index in [-0.39, 0.29) is 0 Å². The van der Waals surface area contributed by atoms with Crippen molar-refractivity contribution in [1.82, 2.24) is 10.2 Å². The minimum absolute atomic E-state index is 0.393. The van der Waals surface area contributed by atoms with E-state index in [9.17, 15) is 0 Å². The highest BCUT2D eigenvalue weighted by molar-refractivity contribution is 5.82. The molecule has 3 N–H and O–H groups in total. The average molecular weight is 259 g/mol. The maximum atomic E-state index is 5.98. The van der Waals surface area contributed by atoms with E-state index in [1.165, 1.54) is 11.1 Å². The van der Waals surface area contributed by atoms with Crippen LogP contribution in [0.3, 0.4) is 0 Å². The Morgan fingerprint density at radius 3 is 2.58 bits per heavy atom. The second kappa shape index (κ2) is 5.34. The zero-order valence-corrected chi connectivity index (χ0v) is 11.9. The molecule has 0 amide bonds. The van der Waals surface area contributed by atoms with Crippen LogP contribution in [0, 0.1) is 0 Å². The van der Waals surface area contributed by atoms with Crippen molar-refractivity contribution in [3.05, 3.63) is 29.5 Å². The van der Waals surface area contributed by atoms with Gasteiger partial charge in [-0.3, -0.25) is 5.10 Å². The second-order valence-electron chi connectivity index (χ2n) is 4.93. The number of aryl methyl sites for hydroxylation is 1. The van der Waals surface area contributed by atoms with Gasteiger partial charge in [-0.1, -0.05) is 32.9 Å². The number of aromatic amines is 1. The molecule has 0 fully saturated rings. The number of nitrogens with one attached hydrogen (secondary N) is 1. The summed E-state index contributed by atoms with van der Waals surface area (Å²) < 4.78 is 5.64. The van der Waals surface area contributed by atoms with Gasteiger partial charge in [0.1, 0.15) is 11.6 Å². The van der Waals surface area contributed by atoms with Crippen molar-refractivity contribution in [1.29, 1.82) is 0 Å². The van der Waals surface area contributed by atoms with E-state index in [2.05, 4.69) is 43.1 Å². The van der Waals surface area contributed by atoms with Crippen LogP contribution in [0.1, 0.15) is 37.8 Å². The number of methoxy groups -OCH3 is 1. The standard InChI is InChI=1S/C15H21N3O/c1-5-10-6-7-11(9(2)3)13(14(10)19-4)12-8-17-18-15(12)16/h6-9H,5H2,1-4H3,(H3,16,17,18). The number of nitrogens with zero attached hydrogens (tertiary/aromatic N) is 1. The first-order valence-electron chi connectivity index (χ1n) is 6.59. The Hall–Kier alpha value is -1.97. The van der Waals surface area contributed by atoms with Gasteiger partial charge in [0.05, 0.1) is 13.3 Å². The average Bonchev–Trinajstić information content (AvgIpc) is 2.82. The van der Waals surface area contributed by atoms with Crippen molar-refractivity contribution in [3.63, 3.8) is 0 Å². The van der Waals surface area contributed by atoms with Crippen LogP contribution >= 0.6 is 0 Å². The normalized spacial score (nSPS) is 11.0. The van der Waals surface area contributed by atoms with E-state index in [0.717, 1.165) is 23.3 Å². The van der Waals surface area contributed by atoms with Gasteiger partial charge in [0.2, 0.25) is 0 Å². The van der Waals surface area contributed by atoms with Crippen LogP contribution in [0.2, 0.25) is 0 Å². The van der Waals surface area contributed by atoms with Crippen LogP contribution in [0.5, 0.6) is 5.75 Å². The first-order valence-corrected chi connectivity index (χ1v) is 6.59. The first kappa shape index (κ1) is 13.5. The molecule has 0 aliphatic heterocycles. The predicted octanol–water partition coefficient (Wildman–Crippen LogP) is 3.35. The minimum atomic E-state index is 0.393. The fourth-order valence-electron chi connectivity index (χ4n) is 2.41. The lowest BCUT2D eigenvalue weighted by Crippen LogP contribution is -2.01. The maximum Gasteiger partial charge on any atom is 0.130 e. The molecule has 0 saturated heterocycles. The highest BCUT2D eigenvalue weighted by Gasteiger charge is 2.19. The number of aromatic nitrogens is 2. The molecule has 1 aromatic carbocycles. The Morgan fingerprint density at radius 2 is 2.11 bits per heavy atom. The summed E-state index contributed by atoms with van der Waals surface area (Å²) in [6, 6.07) is 4.29. The Morgan fingerprint density at radius 1 is 1.37 bits per heavy atom. The molecule has 1 heterocycles. The van der Waals surface area contributed by atoms with Crippen molar-refractivity contribution in [2.75, 3.05) is 12.8 Å². The van der Waals surface area contributed by atoms with Crippen molar-refractivity contribution < 1.29 is 4.74 Å². The number of nitrogens with two attached hydrogens (primary N) is 1. The lowest BCUT2D eigenvalue weighted by Gasteiger charge is -2.19. The van der Waals surface area contributed by atoms with Gasteiger partial charge in [-0.25, -0.2) is 0 Å². The third-order valence-electron chi connectivity index (χ3n) is 3.42. The van der Waals surface area contributed by atoms with E-state index in [4.69, 9.17) is 10.5 Å². The van der Waals surface area contributed by atoms with Crippen molar-refractivity contribution >= 4 is 5.82 Å². The summed E-state index contributed by atoms with van der Waals surface area (Å²) in [6.07, 6.45) is 2.69. The first-order chi connectivity index (χ1) is 9.10. The van der Waals surface area contributed by atoms with Gasteiger partial charge in [0, 0.05) is 11.1 Å². The van der Waals surface area contributed by atoms with Gasteiger partial charge < -0.3 is 10.5 Å². The number of nitrogen functional groups attached to an aromatic ring is 1. The summed E-state index contributed by atoms with van der Waals surface area (Å²) in [7, 11) is 1.71. The number of anilines is 1. The lowest BCUT2D eigenvalue weighted by molar-refractivity contribution is 0.411. The van der Waals surface area contributed by atoms with Crippen LogP contribution < -0.4 is 10.5 Å². The van der Waals surface area contributed by atoms with Gasteiger partial charge in [-0.05, 0) is 23.5 Å². The molecule has 4 heteroatoms. The van der Waals surface area contributed by atoms with Crippen LogP contribution in [0.15, 0.2) is 18.3 Å². The van der Waals surface area contributed by atoms with Crippen LogP contribution in [-0.4, -0.2) is 17.3 Å². The number of benzene rings is 1. The van der Waals surface area contributed by atoms with Crippen molar-refractivity contribution in [2.24, 2.45) is 0 Å². The molecular formula is C15H21N3O. The lowest BCUT2D eigenvalue weighted by atomic mass is 9.90. The summed E-state index contributed by atoms with van der Waals surface area (Å²) in [4.78, 5) is 0. The van der Waals surface area contributed by atoms with Crippen LogP contribution in [0.25, 0.3) is 11.1 Å². The maximum absolute atomic E-state index is 5.98. The van der Waals surface area contributed by atoms with E-state index in [0.29, 0.717) is 11.7 Å². The Kier molecular flexibility index (Phi) is 3.79. The third-order valence-corrected chi connectivity index (χ3v) is 3.42. The molecule has 0 saturated carbocycles. The molecule has 4 nitrogen and oxygen atoms in total. The van der Waals surface area contributed by atoms with Crippen LogP contribution in [0.4, 0.5) is 5.82 Å². The van der Waals surface area contributed by atoms with E-state index in [1.807, 2.05) is 0 Å².